The van der Waals surface area contributed by atoms with E-state index in [4.69, 9.17) is 4.74 Å². The molecular weight excluding hydrogens is 383 g/mol. The van der Waals surface area contributed by atoms with Gasteiger partial charge in [0, 0.05) is 31.5 Å². The van der Waals surface area contributed by atoms with Crippen LogP contribution >= 0.6 is 0 Å². The number of morpholine rings is 1. The average Bonchev–Trinajstić information content (AvgIpc) is 2.77. The molecule has 2 heterocycles. The average molecular weight is 406 g/mol. The van der Waals surface area contributed by atoms with Gasteiger partial charge < -0.3 is 15.4 Å². The minimum atomic E-state index is -0.412. The molecule has 0 atom stereocenters. The van der Waals surface area contributed by atoms with Crippen LogP contribution in [-0.2, 0) is 11.3 Å². The van der Waals surface area contributed by atoms with Crippen molar-refractivity contribution in [2.75, 3.05) is 36.9 Å². The molecule has 0 unspecified atom stereocenters. The molecule has 1 aliphatic rings. The van der Waals surface area contributed by atoms with Crippen LogP contribution in [0, 0.1) is 5.82 Å². The highest BCUT2D eigenvalue weighted by molar-refractivity contribution is 6.07. The summed E-state index contributed by atoms with van der Waals surface area (Å²) in [6.07, 6.45) is 1.56. The topological polar surface area (TPSA) is 66.5 Å². The van der Waals surface area contributed by atoms with E-state index in [0.717, 1.165) is 38.4 Å². The Balaban J connectivity index is 1.48. The summed E-state index contributed by atoms with van der Waals surface area (Å²) in [5.41, 5.74) is 2.41. The summed E-state index contributed by atoms with van der Waals surface area (Å²) in [5.74, 6) is -0.430. The molecule has 0 radical (unpaired) electrons. The molecule has 4 rings (SSSR count). The van der Waals surface area contributed by atoms with E-state index in [1.54, 1.807) is 36.5 Å². The number of carbonyl (C=O) groups excluding carboxylic acids is 1. The first-order valence-electron chi connectivity index (χ1n) is 9.86. The van der Waals surface area contributed by atoms with Gasteiger partial charge in [0.15, 0.2) is 0 Å². The van der Waals surface area contributed by atoms with Crippen LogP contribution in [0.3, 0.4) is 0 Å². The van der Waals surface area contributed by atoms with Gasteiger partial charge in [-0.15, -0.1) is 0 Å². The van der Waals surface area contributed by atoms with Crippen LogP contribution in [0.25, 0.3) is 0 Å². The van der Waals surface area contributed by atoms with Crippen LogP contribution < -0.4 is 10.6 Å². The Kier molecular flexibility index (Phi) is 6.32. The van der Waals surface area contributed by atoms with Crippen molar-refractivity contribution in [2.24, 2.45) is 0 Å². The first-order chi connectivity index (χ1) is 14.7. The molecule has 3 aromatic rings. The van der Waals surface area contributed by atoms with E-state index in [1.807, 2.05) is 24.3 Å². The summed E-state index contributed by atoms with van der Waals surface area (Å²) < 4.78 is 19.4. The van der Waals surface area contributed by atoms with E-state index in [2.05, 4.69) is 20.5 Å². The summed E-state index contributed by atoms with van der Waals surface area (Å²) >= 11 is 0. The van der Waals surface area contributed by atoms with E-state index in [0.29, 0.717) is 17.1 Å². The molecule has 0 aliphatic carbocycles. The van der Waals surface area contributed by atoms with Crippen molar-refractivity contribution < 1.29 is 13.9 Å². The first kappa shape index (κ1) is 20.0. The molecule has 30 heavy (non-hydrogen) atoms. The number of halogens is 1. The Morgan fingerprint density at radius 2 is 1.90 bits per heavy atom. The van der Waals surface area contributed by atoms with Crippen molar-refractivity contribution in [2.45, 2.75) is 6.54 Å². The maximum atomic E-state index is 14.0. The van der Waals surface area contributed by atoms with Gasteiger partial charge in [0.25, 0.3) is 5.91 Å². The lowest BCUT2D eigenvalue weighted by Crippen LogP contribution is -2.35. The maximum Gasteiger partial charge on any atom is 0.259 e. The van der Waals surface area contributed by atoms with E-state index in [-0.39, 0.29) is 11.6 Å². The number of rotatable bonds is 6. The molecule has 1 aliphatic heterocycles. The molecule has 2 N–H and O–H groups in total. The molecule has 2 aromatic carbocycles. The molecule has 0 bridgehead atoms. The number of pyridine rings is 1. The van der Waals surface area contributed by atoms with Gasteiger partial charge >= 0.3 is 0 Å². The van der Waals surface area contributed by atoms with Gasteiger partial charge in [-0.1, -0.05) is 24.3 Å². The molecular formula is C23H23FN4O2. The van der Waals surface area contributed by atoms with Crippen molar-refractivity contribution in [1.82, 2.24) is 9.88 Å². The predicted molar refractivity (Wildman–Crippen MR) is 114 cm³/mol. The number of ether oxygens (including phenoxy) is 1. The third-order valence-corrected chi connectivity index (χ3v) is 4.87. The molecule has 0 saturated carbocycles. The Hall–Kier alpha value is -3.29. The second kappa shape index (κ2) is 9.47. The van der Waals surface area contributed by atoms with E-state index in [1.165, 1.54) is 6.07 Å². The number of amides is 1. The number of carbonyl (C=O) groups is 1. The minimum Gasteiger partial charge on any atom is -0.379 e. The fourth-order valence-electron chi connectivity index (χ4n) is 3.34. The monoisotopic (exact) mass is 406 g/mol. The highest BCUT2D eigenvalue weighted by atomic mass is 19.1. The van der Waals surface area contributed by atoms with Crippen molar-refractivity contribution in [1.29, 1.82) is 0 Å². The van der Waals surface area contributed by atoms with Gasteiger partial charge in [0.1, 0.15) is 11.6 Å². The summed E-state index contributed by atoms with van der Waals surface area (Å²) in [6, 6.07) is 17.4. The fourth-order valence-corrected chi connectivity index (χ4v) is 3.34. The van der Waals surface area contributed by atoms with Gasteiger partial charge in [0.05, 0.1) is 24.5 Å². The molecule has 1 saturated heterocycles. The summed E-state index contributed by atoms with van der Waals surface area (Å²) in [6.45, 7) is 4.10. The number of aromatic nitrogens is 1. The Bertz CT molecular complexity index is 1020. The first-order valence-corrected chi connectivity index (χ1v) is 9.86. The second-order valence-corrected chi connectivity index (χ2v) is 7.05. The van der Waals surface area contributed by atoms with Gasteiger partial charge in [-0.2, -0.15) is 0 Å². The predicted octanol–water partition coefficient (Wildman–Crippen LogP) is 4.05. The molecule has 0 spiro atoms. The van der Waals surface area contributed by atoms with Crippen molar-refractivity contribution in [3.8, 4) is 0 Å². The van der Waals surface area contributed by atoms with Crippen molar-refractivity contribution in [3.05, 3.63) is 83.8 Å². The number of para-hydroxylation sites is 1. The zero-order valence-corrected chi connectivity index (χ0v) is 16.5. The highest BCUT2D eigenvalue weighted by Gasteiger charge is 2.15. The number of nitrogens with one attached hydrogen (secondary N) is 2. The molecule has 7 heteroatoms. The summed E-state index contributed by atoms with van der Waals surface area (Å²) in [5, 5.41) is 5.83. The second-order valence-electron chi connectivity index (χ2n) is 7.05. The van der Waals surface area contributed by atoms with Crippen LogP contribution in [0.2, 0.25) is 0 Å². The Labute approximate surface area is 174 Å². The number of hydrogen-bond acceptors (Lipinski definition) is 5. The van der Waals surface area contributed by atoms with Crippen LogP contribution in [0.1, 0.15) is 15.9 Å². The van der Waals surface area contributed by atoms with Gasteiger partial charge in [-0.05, 0) is 42.0 Å². The molecule has 1 aromatic heterocycles. The van der Waals surface area contributed by atoms with Gasteiger partial charge in [-0.25, -0.2) is 9.37 Å². The summed E-state index contributed by atoms with van der Waals surface area (Å²) in [4.78, 5) is 19.4. The van der Waals surface area contributed by atoms with Gasteiger partial charge in [-0.3, -0.25) is 9.69 Å². The zero-order valence-electron chi connectivity index (χ0n) is 16.5. The Morgan fingerprint density at radius 1 is 1.07 bits per heavy atom. The summed E-state index contributed by atoms with van der Waals surface area (Å²) in [7, 11) is 0. The Morgan fingerprint density at radius 3 is 2.73 bits per heavy atom. The largest absolute Gasteiger partial charge is 0.379 e. The SMILES string of the molecule is O=C(Nc1cccc(CN2CCOCC2)c1)c1cccnc1Nc1ccccc1F. The number of benzene rings is 2. The standard InChI is InChI=1S/C23H23FN4O2/c24-20-8-1-2-9-21(20)27-22-19(7-4-10-25-22)23(29)26-18-6-3-5-17(15-18)16-28-11-13-30-14-12-28/h1-10,15H,11-14,16H2,(H,25,27)(H,26,29). The fraction of sp³-hybridized carbons (Fsp3) is 0.217. The third-order valence-electron chi connectivity index (χ3n) is 4.87. The van der Waals surface area contributed by atoms with Crippen LogP contribution in [-0.4, -0.2) is 42.1 Å². The normalized spacial score (nSPS) is 14.3. The lowest BCUT2D eigenvalue weighted by molar-refractivity contribution is 0.0342. The maximum absolute atomic E-state index is 14.0. The molecule has 1 amide bonds. The quantitative estimate of drug-likeness (QED) is 0.647. The molecule has 1 fully saturated rings. The van der Waals surface area contributed by atoms with Crippen LogP contribution in [0.15, 0.2) is 66.9 Å². The zero-order chi connectivity index (χ0) is 20.8. The molecule has 6 nitrogen and oxygen atoms in total. The van der Waals surface area contributed by atoms with Crippen LogP contribution in [0.4, 0.5) is 21.6 Å². The van der Waals surface area contributed by atoms with Crippen LogP contribution in [0.5, 0.6) is 0 Å². The highest BCUT2D eigenvalue weighted by Crippen LogP contribution is 2.22. The number of anilines is 3. The lowest BCUT2D eigenvalue weighted by Gasteiger charge is -2.26. The van der Waals surface area contributed by atoms with Gasteiger partial charge in [0.2, 0.25) is 0 Å². The number of hydrogen-bond donors (Lipinski definition) is 2. The van der Waals surface area contributed by atoms with Crippen molar-refractivity contribution >= 4 is 23.1 Å². The minimum absolute atomic E-state index is 0.262. The number of nitrogens with zero attached hydrogens (tertiary/aromatic N) is 2. The third kappa shape index (κ3) is 5.00. The van der Waals surface area contributed by atoms with Crippen molar-refractivity contribution in [3.63, 3.8) is 0 Å². The van der Waals surface area contributed by atoms with E-state index in [9.17, 15) is 9.18 Å². The lowest BCUT2D eigenvalue weighted by atomic mass is 10.1. The van der Waals surface area contributed by atoms with E-state index < -0.39 is 5.82 Å². The molecule has 154 valence electrons. The van der Waals surface area contributed by atoms with E-state index >= 15 is 0 Å². The smallest absolute Gasteiger partial charge is 0.259 e.